The van der Waals surface area contributed by atoms with Crippen LogP contribution in [-0.2, 0) is 11.8 Å². The maximum Gasteiger partial charge on any atom is 0.217 e. The minimum atomic E-state index is -0.0488. The van der Waals surface area contributed by atoms with Crippen molar-refractivity contribution in [3.63, 3.8) is 0 Å². The van der Waals surface area contributed by atoms with Crippen LogP contribution in [0.25, 0.3) is 27.8 Å². The predicted molar refractivity (Wildman–Crippen MR) is 139 cm³/mol. The lowest BCUT2D eigenvalue weighted by atomic mass is 9.59. The molecule has 2 aliphatic carbocycles. The third-order valence-corrected chi connectivity index (χ3v) is 8.46. The molecule has 0 radical (unpaired) electrons. The van der Waals surface area contributed by atoms with Crippen molar-refractivity contribution in [1.29, 1.82) is 5.26 Å². The van der Waals surface area contributed by atoms with Crippen LogP contribution in [0.15, 0.2) is 49.2 Å². The molecule has 1 N–H and O–H groups in total. The van der Waals surface area contributed by atoms with E-state index in [1.807, 2.05) is 31.8 Å². The van der Waals surface area contributed by atoms with Gasteiger partial charge >= 0.3 is 0 Å². The van der Waals surface area contributed by atoms with Gasteiger partial charge in [-0.3, -0.25) is 9.48 Å². The van der Waals surface area contributed by atoms with Crippen LogP contribution >= 0.6 is 0 Å². The number of piperidine rings is 2. The second-order valence-electron chi connectivity index (χ2n) is 11.0. The number of aryl methyl sites for hydroxylation is 1. The molecule has 2 saturated heterocycles. The minimum Gasteiger partial charge on any atom is -0.351 e. The molecule has 2 aliphatic heterocycles. The Bertz CT molecular complexity index is 1560. The molecule has 4 atom stereocenters. The molecule has 186 valence electrons. The summed E-state index contributed by atoms with van der Waals surface area (Å²) in [5.74, 6) is 1.74. The lowest BCUT2D eigenvalue weighted by Gasteiger charge is -2.62. The van der Waals surface area contributed by atoms with Crippen LogP contribution in [0.5, 0.6) is 0 Å². The lowest BCUT2D eigenvalue weighted by molar-refractivity contribution is -0.123. The summed E-state index contributed by atoms with van der Waals surface area (Å²) in [5.41, 5.74) is 5.07. The zero-order chi connectivity index (χ0) is 25.3. The molecule has 9 heteroatoms. The monoisotopic (exact) mass is 492 g/mol. The third kappa shape index (κ3) is 3.50. The number of nitrogens with one attached hydrogen (secondary N) is 1. The number of carbonyl (C=O) groups excluding carboxylic acids is 1. The number of hydrogen-bond donors (Lipinski definition) is 1. The first-order chi connectivity index (χ1) is 17.9. The summed E-state index contributed by atoms with van der Waals surface area (Å²) in [4.78, 5) is 19.4. The van der Waals surface area contributed by atoms with Gasteiger partial charge in [0.1, 0.15) is 11.9 Å². The fourth-order valence-corrected chi connectivity index (χ4v) is 7.38. The van der Waals surface area contributed by atoms with Gasteiger partial charge in [0.15, 0.2) is 0 Å². The number of nitrogens with zero attached hydrogens (tertiary/aromatic N) is 7. The largest absolute Gasteiger partial charge is 0.351 e. The molecule has 4 aromatic heterocycles. The lowest BCUT2D eigenvalue weighted by Crippen LogP contribution is -2.69. The second-order valence-corrected chi connectivity index (χ2v) is 11.0. The van der Waals surface area contributed by atoms with Crippen molar-refractivity contribution >= 4 is 17.2 Å². The molecule has 0 aromatic carbocycles. The van der Waals surface area contributed by atoms with Crippen LogP contribution in [0.1, 0.15) is 44.6 Å². The van der Waals surface area contributed by atoms with Crippen LogP contribution in [0, 0.1) is 17.2 Å². The van der Waals surface area contributed by atoms with E-state index in [9.17, 15) is 10.1 Å². The number of hydrogen-bond acceptors (Lipinski definition) is 6. The van der Waals surface area contributed by atoms with Crippen molar-refractivity contribution < 1.29 is 4.79 Å². The Balaban J connectivity index is 1.25. The fraction of sp³-hybridized carbons (Fsp3) is 0.393. The quantitative estimate of drug-likeness (QED) is 0.466. The topological polar surface area (TPSA) is 104 Å². The van der Waals surface area contributed by atoms with Gasteiger partial charge in [0.2, 0.25) is 5.91 Å². The Hall–Kier alpha value is -4.19. The summed E-state index contributed by atoms with van der Waals surface area (Å²) in [5, 5.41) is 21.8. The highest BCUT2D eigenvalue weighted by atomic mass is 16.1. The van der Waals surface area contributed by atoms with E-state index >= 15 is 0 Å². The molecule has 4 fully saturated rings. The molecule has 4 bridgehead atoms. The summed E-state index contributed by atoms with van der Waals surface area (Å²) >= 11 is 0. The molecule has 4 aliphatic rings. The number of anilines is 1. The molecular formula is C28H28N8O. The van der Waals surface area contributed by atoms with Crippen molar-refractivity contribution in [2.75, 3.05) is 4.90 Å². The van der Waals surface area contributed by atoms with E-state index < -0.39 is 0 Å². The van der Waals surface area contributed by atoms with Gasteiger partial charge in [-0.15, -0.1) is 0 Å². The van der Waals surface area contributed by atoms with Crippen molar-refractivity contribution in [2.45, 2.75) is 56.7 Å². The maximum atomic E-state index is 11.9. The number of carbonyl (C=O) groups is 1. The average molecular weight is 493 g/mol. The first kappa shape index (κ1) is 22.0. The molecule has 4 aromatic rings. The Kier molecular flexibility index (Phi) is 4.71. The Morgan fingerprint density at radius 2 is 1.86 bits per heavy atom. The van der Waals surface area contributed by atoms with Gasteiger partial charge < -0.3 is 10.2 Å². The summed E-state index contributed by atoms with van der Waals surface area (Å²) in [6.07, 6.45) is 14.7. The number of rotatable bonds is 4. The summed E-state index contributed by atoms with van der Waals surface area (Å²) in [6.45, 7) is 1.63. The van der Waals surface area contributed by atoms with E-state index in [0.717, 1.165) is 65.7 Å². The van der Waals surface area contributed by atoms with Gasteiger partial charge in [-0.2, -0.15) is 15.5 Å². The van der Waals surface area contributed by atoms with Gasteiger partial charge in [0.05, 0.1) is 23.5 Å². The Morgan fingerprint density at radius 1 is 1.05 bits per heavy atom. The molecule has 6 heterocycles. The highest BCUT2D eigenvalue weighted by Crippen LogP contribution is 2.52. The molecule has 0 unspecified atom stereocenters. The van der Waals surface area contributed by atoms with Crippen LogP contribution in [0.2, 0.25) is 0 Å². The first-order valence-electron chi connectivity index (χ1n) is 12.9. The molecule has 2 saturated carbocycles. The molecule has 1 amide bonds. The van der Waals surface area contributed by atoms with E-state index in [0.29, 0.717) is 23.6 Å². The van der Waals surface area contributed by atoms with E-state index in [-0.39, 0.29) is 11.4 Å². The van der Waals surface area contributed by atoms with Crippen LogP contribution < -0.4 is 10.2 Å². The number of fused-ring (bicyclic) bond motifs is 1. The molecule has 9 nitrogen and oxygen atoms in total. The molecule has 8 rings (SSSR count). The molecule has 0 spiro atoms. The van der Waals surface area contributed by atoms with Crippen LogP contribution in [0.3, 0.4) is 0 Å². The van der Waals surface area contributed by atoms with Crippen molar-refractivity contribution in [2.24, 2.45) is 13.0 Å². The van der Waals surface area contributed by atoms with Gasteiger partial charge in [0.25, 0.3) is 0 Å². The highest BCUT2D eigenvalue weighted by Gasteiger charge is 2.55. The van der Waals surface area contributed by atoms with E-state index in [2.05, 4.69) is 44.7 Å². The summed E-state index contributed by atoms with van der Waals surface area (Å²) in [6, 6.07) is 9.38. The van der Waals surface area contributed by atoms with Gasteiger partial charge in [-0.05, 0) is 56.2 Å². The van der Waals surface area contributed by atoms with Gasteiger partial charge in [0, 0.05) is 72.4 Å². The normalized spacial score (nSPS) is 26.0. The number of pyridine rings is 2. The van der Waals surface area contributed by atoms with Crippen molar-refractivity contribution in [1.82, 2.24) is 29.7 Å². The Morgan fingerprint density at radius 3 is 2.51 bits per heavy atom. The van der Waals surface area contributed by atoms with Gasteiger partial charge in [-0.1, -0.05) is 0 Å². The van der Waals surface area contributed by atoms with E-state index in [4.69, 9.17) is 4.98 Å². The minimum absolute atomic E-state index is 0.0488. The number of amides is 1. The molecular weight excluding hydrogens is 464 g/mol. The summed E-state index contributed by atoms with van der Waals surface area (Å²) < 4.78 is 3.54. The summed E-state index contributed by atoms with van der Waals surface area (Å²) in [7, 11) is 1.89. The van der Waals surface area contributed by atoms with Crippen molar-refractivity contribution in [3.8, 4) is 28.3 Å². The van der Waals surface area contributed by atoms with Gasteiger partial charge in [-0.25, -0.2) is 9.50 Å². The smallest absolute Gasteiger partial charge is 0.217 e. The van der Waals surface area contributed by atoms with Crippen LogP contribution in [-0.4, -0.2) is 47.9 Å². The SMILES string of the molecule is CC(=O)N[C@]12C[C@@H]3C[C@H](C1)N(c1ccc(-c4cc(-c5cnn(C)c5)cn5ncc(C#N)c45)cn1)[C@@H](C3)C2. The Labute approximate surface area is 214 Å². The second kappa shape index (κ2) is 7.90. The number of nitriles is 1. The van der Waals surface area contributed by atoms with E-state index in [1.54, 1.807) is 22.3 Å². The van der Waals surface area contributed by atoms with Crippen molar-refractivity contribution in [3.05, 3.63) is 54.7 Å². The van der Waals surface area contributed by atoms with Crippen LogP contribution in [0.4, 0.5) is 5.82 Å². The first-order valence-corrected chi connectivity index (χ1v) is 12.9. The maximum absolute atomic E-state index is 11.9. The third-order valence-electron chi connectivity index (χ3n) is 8.46. The predicted octanol–water partition coefficient (Wildman–Crippen LogP) is 3.69. The number of aromatic nitrogens is 5. The van der Waals surface area contributed by atoms with E-state index in [1.165, 1.54) is 0 Å². The highest BCUT2D eigenvalue weighted by molar-refractivity contribution is 5.87. The average Bonchev–Trinajstić information content (AvgIpc) is 3.48. The standard InChI is InChI=1S/C28H28N8O/c1-17(37)33-28-8-18-5-23(9-28)36(24(6-18)10-28)26-4-3-19(12-30-26)25-7-20(22-14-31-34(2)15-22)16-35-27(25)21(11-29)13-32-35/h3-4,7,12-16,18,23-24H,5-6,8-10H2,1-2H3,(H,33,37)/t18-,23-,24+,28-. The zero-order valence-electron chi connectivity index (χ0n) is 20.9. The fourth-order valence-electron chi connectivity index (χ4n) is 7.38. The molecule has 37 heavy (non-hydrogen) atoms. The zero-order valence-corrected chi connectivity index (χ0v) is 20.9.